The molecule has 3 aromatic carbocycles. The average Bonchev–Trinajstić information content (AvgIpc) is 3.39. The van der Waals surface area contributed by atoms with E-state index in [1.54, 1.807) is 43.5 Å². The summed E-state index contributed by atoms with van der Waals surface area (Å²) >= 11 is 0. The molecule has 40 heavy (non-hydrogen) atoms. The second-order valence-electron chi connectivity index (χ2n) is 8.32. The van der Waals surface area contributed by atoms with Crippen LogP contribution in [0.3, 0.4) is 0 Å². The van der Waals surface area contributed by atoms with Gasteiger partial charge in [-0.25, -0.2) is 4.68 Å². The van der Waals surface area contributed by atoms with Crippen molar-refractivity contribution in [1.82, 2.24) is 14.8 Å². The Labute approximate surface area is 228 Å². The predicted molar refractivity (Wildman–Crippen MR) is 141 cm³/mol. The topological polar surface area (TPSA) is 96.7 Å². The van der Waals surface area contributed by atoms with Gasteiger partial charge < -0.3 is 24.3 Å². The molecule has 0 aliphatic heterocycles. The molecule has 0 aliphatic rings. The molecule has 0 bridgehead atoms. The van der Waals surface area contributed by atoms with Gasteiger partial charge in [-0.3, -0.25) is 4.79 Å². The van der Waals surface area contributed by atoms with E-state index in [2.05, 4.69) is 15.4 Å². The van der Waals surface area contributed by atoms with E-state index in [1.807, 2.05) is 19.1 Å². The van der Waals surface area contributed by atoms with E-state index in [0.29, 0.717) is 41.7 Å². The Bertz CT molecular complexity index is 1470. The predicted octanol–water partition coefficient (Wildman–Crippen LogP) is 5.64. The molecular formula is C28H27F3N4O5. The minimum absolute atomic E-state index is 0.116. The van der Waals surface area contributed by atoms with E-state index < -0.39 is 17.6 Å². The summed E-state index contributed by atoms with van der Waals surface area (Å²) < 4.78 is 63.0. The number of nitrogens with zero attached hydrogens (tertiary/aromatic N) is 3. The van der Waals surface area contributed by atoms with Crippen molar-refractivity contribution in [3.63, 3.8) is 0 Å². The molecule has 0 spiro atoms. The lowest BCUT2D eigenvalue weighted by Gasteiger charge is -2.14. The fourth-order valence-corrected chi connectivity index (χ4v) is 3.81. The number of hydrogen-bond donors (Lipinski definition) is 1. The highest BCUT2D eigenvalue weighted by molar-refractivity contribution is 6.04. The highest BCUT2D eigenvalue weighted by Crippen LogP contribution is 2.37. The Morgan fingerprint density at radius 2 is 1.77 bits per heavy atom. The third-order valence-corrected chi connectivity index (χ3v) is 5.69. The molecule has 210 valence electrons. The second-order valence-corrected chi connectivity index (χ2v) is 8.32. The lowest BCUT2D eigenvalue weighted by Crippen LogP contribution is -2.15. The molecule has 0 saturated carbocycles. The van der Waals surface area contributed by atoms with E-state index in [4.69, 9.17) is 18.9 Å². The van der Waals surface area contributed by atoms with E-state index in [1.165, 1.54) is 10.7 Å². The molecule has 9 nitrogen and oxygen atoms in total. The number of anilines is 1. The van der Waals surface area contributed by atoms with Gasteiger partial charge in [0.05, 0.1) is 32.1 Å². The Morgan fingerprint density at radius 3 is 2.50 bits per heavy atom. The van der Waals surface area contributed by atoms with E-state index in [-0.39, 0.29) is 23.9 Å². The Morgan fingerprint density at radius 1 is 0.975 bits per heavy atom. The lowest BCUT2D eigenvalue weighted by molar-refractivity contribution is -0.138. The van der Waals surface area contributed by atoms with Crippen LogP contribution in [0.25, 0.3) is 17.1 Å². The SMILES string of the molecule is CCOCCOc1nc(-c2cccc(OC)c2)n(-c2cccc(NC(=O)c3ccc(OC)c(C(F)(F)F)c3)c2)n1. The maximum atomic E-state index is 13.4. The molecule has 4 rings (SSSR count). The molecule has 1 amide bonds. The zero-order chi connectivity index (χ0) is 28.7. The number of carbonyl (C=O) groups excluding carboxylic acids is 1. The number of methoxy groups -OCH3 is 2. The Kier molecular flexibility index (Phi) is 8.90. The standard InChI is InChI=1S/C28H27F3N4O5/c1-4-39-13-14-40-27-33-25(18-7-5-10-22(15-18)37-2)35(34-27)21-9-6-8-20(17-21)32-26(36)19-11-12-24(38-3)23(16-19)28(29,30)31/h5-12,15-17H,4,13-14H2,1-3H3,(H,32,36). The van der Waals surface area contributed by atoms with Crippen molar-refractivity contribution in [2.75, 3.05) is 39.4 Å². The average molecular weight is 557 g/mol. The molecular weight excluding hydrogens is 529 g/mol. The van der Waals surface area contributed by atoms with Gasteiger partial charge in [-0.2, -0.15) is 18.2 Å². The van der Waals surface area contributed by atoms with Crippen LogP contribution in [0, 0.1) is 0 Å². The minimum Gasteiger partial charge on any atom is -0.497 e. The minimum atomic E-state index is -4.69. The van der Waals surface area contributed by atoms with E-state index in [0.717, 1.165) is 19.2 Å². The van der Waals surface area contributed by atoms with Crippen molar-refractivity contribution in [2.45, 2.75) is 13.1 Å². The molecule has 0 aliphatic carbocycles. The third-order valence-electron chi connectivity index (χ3n) is 5.69. The van der Waals surface area contributed by atoms with Gasteiger partial charge in [-0.15, -0.1) is 5.10 Å². The van der Waals surface area contributed by atoms with Crippen LogP contribution in [-0.4, -0.2) is 54.7 Å². The van der Waals surface area contributed by atoms with E-state index in [9.17, 15) is 18.0 Å². The molecule has 1 heterocycles. The van der Waals surface area contributed by atoms with Crippen LogP contribution in [0.4, 0.5) is 18.9 Å². The van der Waals surface area contributed by atoms with Gasteiger partial charge >= 0.3 is 12.2 Å². The van der Waals surface area contributed by atoms with Gasteiger partial charge in [-0.05, 0) is 55.5 Å². The maximum Gasteiger partial charge on any atom is 0.419 e. The van der Waals surface area contributed by atoms with Crippen LogP contribution in [-0.2, 0) is 10.9 Å². The van der Waals surface area contributed by atoms with Crippen LogP contribution in [0.1, 0.15) is 22.8 Å². The summed E-state index contributed by atoms with van der Waals surface area (Å²) in [4.78, 5) is 17.4. The zero-order valence-electron chi connectivity index (χ0n) is 22.0. The summed E-state index contributed by atoms with van der Waals surface area (Å²) in [5, 5.41) is 7.12. The number of ether oxygens (including phenoxy) is 4. The normalized spacial score (nSPS) is 11.2. The number of nitrogens with one attached hydrogen (secondary N) is 1. The van der Waals surface area contributed by atoms with Crippen molar-refractivity contribution < 1.29 is 36.9 Å². The highest BCUT2D eigenvalue weighted by Gasteiger charge is 2.35. The van der Waals surface area contributed by atoms with Crippen LogP contribution in [0.5, 0.6) is 17.5 Å². The largest absolute Gasteiger partial charge is 0.497 e. The molecule has 0 fully saturated rings. The number of halogens is 3. The van der Waals surface area contributed by atoms with E-state index >= 15 is 0 Å². The highest BCUT2D eigenvalue weighted by atomic mass is 19.4. The molecule has 1 N–H and O–H groups in total. The Hall–Kier alpha value is -4.58. The number of hydrogen-bond acceptors (Lipinski definition) is 7. The zero-order valence-corrected chi connectivity index (χ0v) is 22.0. The first-order valence-electron chi connectivity index (χ1n) is 12.2. The number of carbonyl (C=O) groups is 1. The summed E-state index contributed by atoms with van der Waals surface area (Å²) in [6.45, 7) is 3.03. The molecule has 0 atom stereocenters. The van der Waals surface area contributed by atoms with Gasteiger partial charge in [0.1, 0.15) is 18.1 Å². The number of amides is 1. The second kappa shape index (κ2) is 12.5. The van der Waals surface area contributed by atoms with Crippen molar-refractivity contribution in [3.05, 3.63) is 77.9 Å². The van der Waals surface area contributed by atoms with Gasteiger partial charge in [0.25, 0.3) is 5.91 Å². The van der Waals surface area contributed by atoms with Crippen LogP contribution < -0.4 is 19.5 Å². The summed E-state index contributed by atoms with van der Waals surface area (Å²) in [5.74, 6) is -0.0400. The molecule has 4 aromatic rings. The maximum absolute atomic E-state index is 13.4. The van der Waals surface area contributed by atoms with Gasteiger partial charge in [0.15, 0.2) is 5.82 Å². The number of aromatic nitrogens is 3. The molecule has 0 radical (unpaired) electrons. The first-order chi connectivity index (χ1) is 19.2. The summed E-state index contributed by atoms with van der Waals surface area (Å²) in [6.07, 6.45) is -4.69. The third kappa shape index (κ3) is 6.70. The smallest absolute Gasteiger partial charge is 0.419 e. The van der Waals surface area contributed by atoms with Crippen LogP contribution in [0.2, 0.25) is 0 Å². The van der Waals surface area contributed by atoms with Crippen LogP contribution in [0.15, 0.2) is 66.7 Å². The quantitative estimate of drug-likeness (QED) is 0.239. The number of rotatable bonds is 11. The monoisotopic (exact) mass is 556 g/mol. The molecule has 0 saturated heterocycles. The molecule has 1 aromatic heterocycles. The van der Waals surface area contributed by atoms with Crippen molar-refractivity contribution in [3.8, 4) is 34.6 Å². The number of benzene rings is 3. The lowest BCUT2D eigenvalue weighted by atomic mass is 10.1. The van der Waals surface area contributed by atoms with Crippen molar-refractivity contribution >= 4 is 11.6 Å². The van der Waals surface area contributed by atoms with Crippen LogP contribution >= 0.6 is 0 Å². The summed E-state index contributed by atoms with van der Waals surface area (Å²) in [5.41, 5.74) is 0.324. The van der Waals surface area contributed by atoms with Crippen molar-refractivity contribution in [2.24, 2.45) is 0 Å². The Balaban J connectivity index is 1.65. The fourth-order valence-electron chi connectivity index (χ4n) is 3.81. The fraction of sp³-hybridized carbons (Fsp3) is 0.250. The first kappa shape index (κ1) is 28.4. The molecule has 0 unspecified atom stereocenters. The summed E-state index contributed by atoms with van der Waals surface area (Å²) in [6, 6.07) is 17.1. The molecule has 12 heteroatoms. The van der Waals surface area contributed by atoms with Gasteiger partial charge in [0.2, 0.25) is 0 Å². The number of alkyl halides is 3. The first-order valence-corrected chi connectivity index (χ1v) is 12.2. The van der Waals surface area contributed by atoms with Gasteiger partial charge in [-0.1, -0.05) is 18.2 Å². The summed E-state index contributed by atoms with van der Waals surface area (Å²) in [7, 11) is 2.69. The van der Waals surface area contributed by atoms with Crippen molar-refractivity contribution in [1.29, 1.82) is 0 Å². The van der Waals surface area contributed by atoms with Gasteiger partial charge in [0, 0.05) is 23.4 Å².